The number of likely N-dealkylation sites (N-methyl/N-ethyl adjacent to an activating group) is 1. The highest BCUT2D eigenvalue weighted by molar-refractivity contribution is 5.95. The van der Waals surface area contributed by atoms with Crippen molar-refractivity contribution in [2.75, 3.05) is 57.2 Å². The molecule has 144 valence electrons. The zero-order chi connectivity index (χ0) is 19.1. The molecule has 2 aromatic carbocycles. The number of hydrogen-bond acceptors (Lipinski definition) is 5. The lowest BCUT2D eigenvalue weighted by atomic mass is 10.2. The Balaban J connectivity index is 1.58. The average Bonchev–Trinajstić information content (AvgIpc) is 2.69. The molecule has 1 aliphatic heterocycles. The third kappa shape index (κ3) is 5.45. The van der Waals surface area contributed by atoms with E-state index >= 15 is 0 Å². The molecule has 1 amide bonds. The number of rotatable bonds is 7. The minimum absolute atomic E-state index is 0.0268. The van der Waals surface area contributed by atoms with Crippen LogP contribution in [0, 0.1) is 0 Å². The zero-order valence-electron chi connectivity index (χ0n) is 16.0. The van der Waals surface area contributed by atoms with Crippen molar-refractivity contribution in [3.8, 4) is 5.75 Å². The first-order valence-corrected chi connectivity index (χ1v) is 9.19. The quantitative estimate of drug-likeness (QED) is 0.813. The minimum atomic E-state index is -0.0268. The molecule has 0 aromatic heterocycles. The molecule has 1 saturated heterocycles. The standard InChI is InChI=1S/C21H27N3O3/c1-23(15-17-6-5-7-18(14-17)26-2)16-21(25)22-19-8-3-4-9-20(19)24-10-12-27-13-11-24/h3-9,14H,10-13,15-16H2,1-2H3,(H,22,25). The number of amides is 1. The van der Waals surface area contributed by atoms with Crippen molar-refractivity contribution < 1.29 is 14.3 Å². The van der Waals surface area contributed by atoms with Crippen LogP contribution in [0.15, 0.2) is 48.5 Å². The van der Waals surface area contributed by atoms with Gasteiger partial charge in [0.15, 0.2) is 0 Å². The molecule has 0 radical (unpaired) electrons. The van der Waals surface area contributed by atoms with Crippen molar-refractivity contribution in [3.05, 3.63) is 54.1 Å². The van der Waals surface area contributed by atoms with Crippen molar-refractivity contribution in [3.63, 3.8) is 0 Å². The molecule has 0 aliphatic carbocycles. The summed E-state index contributed by atoms with van der Waals surface area (Å²) in [6.07, 6.45) is 0. The molecule has 1 aliphatic rings. The lowest BCUT2D eigenvalue weighted by molar-refractivity contribution is -0.117. The van der Waals surface area contributed by atoms with Crippen molar-refractivity contribution in [2.24, 2.45) is 0 Å². The van der Waals surface area contributed by atoms with Gasteiger partial charge in [0.05, 0.1) is 38.2 Å². The Morgan fingerprint density at radius 2 is 1.96 bits per heavy atom. The molecule has 0 atom stereocenters. The summed E-state index contributed by atoms with van der Waals surface area (Å²) in [5.74, 6) is 0.797. The van der Waals surface area contributed by atoms with E-state index in [-0.39, 0.29) is 5.91 Å². The third-order valence-electron chi connectivity index (χ3n) is 4.53. The van der Waals surface area contributed by atoms with Crippen LogP contribution in [0.3, 0.4) is 0 Å². The molecule has 0 unspecified atom stereocenters. The van der Waals surface area contributed by atoms with Crippen LogP contribution >= 0.6 is 0 Å². The monoisotopic (exact) mass is 369 g/mol. The topological polar surface area (TPSA) is 54.0 Å². The van der Waals surface area contributed by atoms with Gasteiger partial charge in [-0.2, -0.15) is 0 Å². The summed E-state index contributed by atoms with van der Waals surface area (Å²) in [5, 5.41) is 3.06. The highest BCUT2D eigenvalue weighted by Crippen LogP contribution is 2.26. The van der Waals surface area contributed by atoms with Crippen LogP contribution in [0.25, 0.3) is 0 Å². The van der Waals surface area contributed by atoms with E-state index in [1.54, 1.807) is 7.11 Å². The Hall–Kier alpha value is -2.57. The number of nitrogens with zero attached hydrogens (tertiary/aromatic N) is 2. The van der Waals surface area contributed by atoms with Gasteiger partial charge in [-0.3, -0.25) is 9.69 Å². The maximum Gasteiger partial charge on any atom is 0.238 e. The number of hydrogen-bond donors (Lipinski definition) is 1. The van der Waals surface area contributed by atoms with Gasteiger partial charge < -0.3 is 19.7 Å². The molecule has 1 heterocycles. The second kappa shape index (κ2) is 9.39. The van der Waals surface area contributed by atoms with Gasteiger partial charge in [-0.05, 0) is 36.9 Å². The number of para-hydroxylation sites is 2. The number of ether oxygens (including phenoxy) is 2. The van der Waals surface area contributed by atoms with Gasteiger partial charge in [-0.1, -0.05) is 24.3 Å². The molecule has 1 fully saturated rings. The van der Waals surface area contributed by atoms with E-state index in [0.29, 0.717) is 26.3 Å². The van der Waals surface area contributed by atoms with Gasteiger partial charge in [-0.25, -0.2) is 0 Å². The van der Waals surface area contributed by atoms with Crippen LogP contribution in [0.1, 0.15) is 5.56 Å². The predicted molar refractivity (Wildman–Crippen MR) is 107 cm³/mol. The van der Waals surface area contributed by atoms with Crippen molar-refractivity contribution >= 4 is 17.3 Å². The van der Waals surface area contributed by atoms with Gasteiger partial charge in [0.2, 0.25) is 5.91 Å². The summed E-state index contributed by atoms with van der Waals surface area (Å²) >= 11 is 0. The number of benzene rings is 2. The van der Waals surface area contributed by atoms with Crippen molar-refractivity contribution in [1.29, 1.82) is 0 Å². The second-order valence-corrected chi connectivity index (χ2v) is 6.69. The fraction of sp³-hybridized carbons (Fsp3) is 0.381. The Labute approximate surface area is 160 Å². The largest absolute Gasteiger partial charge is 0.497 e. The molecular weight excluding hydrogens is 342 g/mol. The smallest absolute Gasteiger partial charge is 0.238 e. The molecule has 0 saturated carbocycles. The summed E-state index contributed by atoms with van der Waals surface area (Å²) in [7, 11) is 3.59. The minimum Gasteiger partial charge on any atom is -0.497 e. The van der Waals surface area contributed by atoms with E-state index in [2.05, 4.69) is 10.2 Å². The van der Waals surface area contributed by atoms with Crippen LogP contribution in [0.5, 0.6) is 5.75 Å². The first-order valence-electron chi connectivity index (χ1n) is 9.19. The molecule has 0 spiro atoms. The number of morpholine rings is 1. The van der Waals surface area contributed by atoms with Crippen LogP contribution in [-0.4, -0.2) is 57.8 Å². The number of nitrogens with one attached hydrogen (secondary N) is 1. The third-order valence-corrected chi connectivity index (χ3v) is 4.53. The maximum absolute atomic E-state index is 12.6. The van der Waals surface area contributed by atoms with E-state index in [1.807, 2.05) is 60.5 Å². The molecule has 3 rings (SSSR count). The van der Waals surface area contributed by atoms with E-state index in [9.17, 15) is 4.79 Å². The normalized spacial score (nSPS) is 14.3. The van der Waals surface area contributed by atoms with Gasteiger partial charge >= 0.3 is 0 Å². The van der Waals surface area contributed by atoms with E-state index in [4.69, 9.17) is 9.47 Å². The number of methoxy groups -OCH3 is 1. The van der Waals surface area contributed by atoms with E-state index in [0.717, 1.165) is 35.8 Å². The Morgan fingerprint density at radius 3 is 2.74 bits per heavy atom. The highest BCUT2D eigenvalue weighted by Gasteiger charge is 2.16. The summed E-state index contributed by atoms with van der Waals surface area (Å²) in [6.45, 7) is 4.09. The molecule has 1 N–H and O–H groups in total. The van der Waals surface area contributed by atoms with Gasteiger partial charge in [0.1, 0.15) is 5.75 Å². The fourth-order valence-corrected chi connectivity index (χ4v) is 3.23. The maximum atomic E-state index is 12.6. The molecule has 2 aromatic rings. The number of anilines is 2. The van der Waals surface area contributed by atoms with Gasteiger partial charge in [0.25, 0.3) is 0 Å². The molecule has 6 nitrogen and oxygen atoms in total. The van der Waals surface area contributed by atoms with Crippen molar-refractivity contribution in [2.45, 2.75) is 6.54 Å². The number of carbonyl (C=O) groups is 1. The fourth-order valence-electron chi connectivity index (χ4n) is 3.23. The first-order chi connectivity index (χ1) is 13.2. The molecular formula is C21H27N3O3. The van der Waals surface area contributed by atoms with Gasteiger partial charge in [0, 0.05) is 19.6 Å². The van der Waals surface area contributed by atoms with Gasteiger partial charge in [-0.15, -0.1) is 0 Å². The lowest BCUT2D eigenvalue weighted by Crippen LogP contribution is -2.37. The lowest BCUT2D eigenvalue weighted by Gasteiger charge is -2.30. The highest BCUT2D eigenvalue weighted by atomic mass is 16.5. The van der Waals surface area contributed by atoms with Crippen LogP contribution in [-0.2, 0) is 16.1 Å². The summed E-state index contributed by atoms with van der Waals surface area (Å²) < 4.78 is 10.7. The summed E-state index contributed by atoms with van der Waals surface area (Å²) in [5.41, 5.74) is 3.00. The Bertz CT molecular complexity index is 760. The van der Waals surface area contributed by atoms with E-state index < -0.39 is 0 Å². The summed E-state index contributed by atoms with van der Waals surface area (Å²) in [4.78, 5) is 16.8. The van der Waals surface area contributed by atoms with E-state index in [1.165, 1.54) is 0 Å². The zero-order valence-corrected chi connectivity index (χ0v) is 16.0. The summed E-state index contributed by atoms with van der Waals surface area (Å²) in [6, 6.07) is 15.8. The molecule has 0 bridgehead atoms. The van der Waals surface area contributed by atoms with Crippen LogP contribution < -0.4 is 15.0 Å². The van der Waals surface area contributed by atoms with Crippen LogP contribution in [0.4, 0.5) is 11.4 Å². The second-order valence-electron chi connectivity index (χ2n) is 6.69. The number of carbonyl (C=O) groups excluding carboxylic acids is 1. The molecule has 6 heteroatoms. The van der Waals surface area contributed by atoms with Crippen LogP contribution in [0.2, 0.25) is 0 Å². The Kier molecular flexibility index (Phi) is 6.68. The average molecular weight is 369 g/mol. The SMILES string of the molecule is COc1cccc(CN(C)CC(=O)Nc2ccccc2N2CCOCC2)c1. The molecule has 27 heavy (non-hydrogen) atoms. The Morgan fingerprint density at radius 1 is 1.19 bits per heavy atom. The van der Waals surface area contributed by atoms with Crippen molar-refractivity contribution in [1.82, 2.24) is 4.90 Å². The first kappa shape index (κ1) is 19.2. The predicted octanol–water partition coefficient (Wildman–Crippen LogP) is 2.60.